The maximum atomic E-state index is 3.51. The number of fused-ring (bicyclic) bond motifs is 1. The number of piperazine rings is 1. The van der Waals surface area contributed by atoms with Gasteiger partial charge in [-0.15, -0.1) is 0 Å². The van der Waals surface area contributed by atoms with E-state index in [1.165, 1.54) is 57.7 Å². The van der Waals surface area contributed by atoms with Crippen LogP contribution in [0.2, 0.25) is 0 Å². The number of hydrogen-bond acceptors (Lipinski definition) is 3. The smallest absolute Gasteiger partial charge is 0.0340 e. The van der Waals surface area contributed by atoms with Crippen molar-refractivity contribution >= 4 is 5.69 Å². The van der Waals surface area contributed by atoms with Crippen LogP contribution in [0.3, 0.4) is 0 Å². The Bertz CT molecular complexity index is 379. The van der Waals surface area contributed by atoms with Crippen LogP contribution in [0.4, 0.5) is 5.69 Å². The van der Waals surface area contributed by atoms with Crippen LogP contribution in [0.25, 0.3) is 0 Å². The molecule has 1 aromatic carbocycles. The highest BCUT2D eigenvalue weighted by Gasteiger charge is 2.28. The number of rotatable bonds is 4. The van der Waals surface area contributed by atoms with Crippen LogP contribution in [-0.4, -0.2) is 55.1 Å². The predicted molar refractivity (Wildman–Crippen MR) is 80.6 cm³/mol. The number of nitrogens with zero attached hydrogens (tertiary/aromatic N) is 2. The van der Waals surface area contributed by atoms with Gasteiger partial charge < -0.3 is 5.32 Å². The standard InChI is InChI=1S/C16H25N3/c1-2-6-15(7-3-1)17-9-11-18-12-13-19-10-5-4-8-16(19)14-18/h1-3,6-7,16-17H,4-5,8-14H2. The Morgan fingerprint density at radius 1 is 1.05 bits per heavy atom. The molecule has 0 aromatic heterocycles. The van der Waals surface area contributed by atoms with E-state index >= 15 is 0 Å². The number of piperidine rings is 1. The molecule has 2 heterocycles. The molecule has 104 valence electrons. The summed E-state index contributed by atoms with van der Waals surface area (Å²) >= 11 is 0. The molecule has 2 fully saturated rings. The third kappa shape index (κ3) is 3.48. The Kier molecular flexibility index (Phi) is 4.36. The van der Waals surface area contributed by atoms with E-state index in [0.29, 0.717) is 0 Å². The largest absolute Gasteiger partial charge is 0.384 e. The van der Waals surface area contributed by atoms with Gasteiger partial charge in [0.1, 0.15) is 0 Å². The maximum absolute atomic E-state index is 3.51. The monoisotopic (exact) mass is 259 g/mol. The van der Waals surface area contributed by atoms with E-state index in [0.717, 1.165) is 12.6 Å². The van der Waals surface area contributed by atoms with Gasteiger partial charge in [-0.1, -0.05) is 24.6 Å². The normalized spacial score (nSPS) is 24.9. The van der Waals surface area contributed by atoms with Gasteiger partial charge in [-0.3, -0.25) is 9.80 Å². The third-order valence-electron chi connectivity index (χ3n) is 4.45. The Labute approximate surface area is 116 Å². The van der Waals surface area contributed by atoms with E-state index in [1.54, 1.807) is 0 Å². The van der Waals surface area contributed by atoms with Crippen molar-refractivity contribution in [2.75, 3.05) is 44.6 Å². The summed E-state index contributed by atoms with van der Waals surface area (Å²) in [6.45, 7) is 7.34. The molecular weight excluding hydrogens is 234 g/mol. The molecule has 2 saturated heterocycles. The second-order valence-electron chi connectivity index (χ2n) is 5.78. The van der Waals surface area contributed by atoms with Crippen molar-refractivity contribution in [3.8, 4) is 0 Å². The van der Waals surface area contributed by atoms with Gasteiger partial charge in [0.15, 0.2) is 0 Å². The highest BCUT2D eigenvalue weighted by atomic mass is 15.3. The molecule has 2 aliphatic heterocycles. The van der Waals surface area contributed by atoms with Gasteiger partial charge in [0, 0.05) is 44.5 Å². The molecule has 3 nitrogen and oxygen atoms in total. The van der Waals surface area contributed by atoms with Gasteiger partial charge in [0.25, 0.3) is 0 Å². The first-order chi connectivity index (χ1) is 9.42. The molecule has 0 saturated carbocycles. The van der Waals surface area contributed by atoms with Crippen molar-refractivity contribution in [1.82, 2.24) is 9.80 Å². The lowest BCUT2D eigenvalue weighted by Crippen LogP contribution is -2.55. The Morgan fingerprint density at radius 3 is 2.84 bits per heavy atom. The molecule has 0 amide bonds. The highest BCUT2D eigenvalue weighted by molar-refractivity contribution is 5.42. The van der Waals surface area contributed by atoms with E-state index < -0.39 is 0 Å². The zero-order valence-electron chi connectivity index (χ0n) is 11.7. The van der Waals surface area contributed by atoms with Crippen LogP contribution in [0.5, 0.6) is 0 Å². The molecule has 2 aliphatic rings. The number of anilines is 1. The van der Waals surface area contributed by atoms with Crippen molar-refractivity contribution in [3.05, 3.63) is 30.3 Å². The Balaban J connectivity index is 1.41. The quantitative estimate of drug-likeness (QED) is 0.895. The number of nitrogens with one attached hydrogen (secondary N) is 1. The number of para-hydroxylation sites is 1. The summed E-state index contributed by atoms with van der Waals surface area (Å²) in [5.41, 5.74) is 1.24. The molecule has 0 aliphatic carbocycles. The molecule has 0 radical (unpaired) electrons. The summed E-state index contributed by atoms with van der Waals surface area (Å²) < 4.78 is 0. The van der Waals surface area contributed by atoms with Gasteiger partial charge in [-0.25, -0.2) is 0 Å². The fourth-order valence-electron chi connectivity index (χ4n) is 3.34. The summed E-state index contributed by atoms with van der Waals surface area (Å²) in [7, 11) is 0. The van der Waals surface area contributed by atoms with Crippen LogP contribution in [0.15, 0.2) is 30.3 Å². The zero-order chi connectivity index (χ0) is 12.9. The molecule has 1 aromatic rings. The second-order valence-corrected chi connectivity index (χ2v) is 5.78. The maximum Gasteiger partial charge on any atom is 0.0340 e. The van der Waals surface area contributed by atoms with Crippen molar-refractivity contribution in [2.24, 2.45) is 0 Å². The SMILES string of the molecule is c1ccc(NCCN2CCN3CCCCC3C2)cc1. The number of benzene rings is 1. The summed E-state index contributed by atoms with van der Waals surface area (Å²) in [5.74, 6) is 0. The zero-order valence-corrected chi connectivity index (χ0v) is 11.7. The van der Waals surface area contributed by atoms with Gasteiger partial charge in [-0.2, -0.15) is 0 Å². The minimum atomic E-state index is 0.833. The summed E-state index contributed by atoms with van der Waals surface area (Å²) in [6, 6.07) is 11.3. The molecule has 3 rings (SSSR count). The highest BCUT2D eigenvalue weighted by Crippen LogP contribution is 2.20. The summed E-state index contributed by atoms with van der Waals surface area (Å²) in [6.07, 6.45) is 4.24. The van der Waals surface area contributed by atoms with Crippen LogP contribution in [0, 0.1) is 0 Å². The average Bonchev–Trinajstić information content (AvgIpc) is 2.48. The van der Waals surface area contributed by atoms with Gasteiger partial charge in [0.05, 0.1) is 0 Å². The first kappa shape index (κ1) is 12.9. The first-order valence-electron chi connectivity index (χ1n) is 7.67. The number of hydrogen-bond donors (Lipinski definition) is 1. The predicted octanol–water partition coefficient (Wildman–Crippen LogP) is 2.27. The fourth-order valence-corrected chi connectivity index (χ4v) is 3.34. The van der Waals surface area contributed by atoms with Gasteiger partial charge in [-0.05, 0) is 31.5 Å². The Morgan fingerprint density at radius 2 is 1.95 bits per heavy atom. The second kappa shape index (κ2) is 6.40. The lowest BCUT2D eigenvalue weighted by Gasteiger charge is -2.44. The van der Waals surface area contributed by atoms with Crippen molar-refractivity contribution in [2.45, 2.75) is 25.3 Å². The van der Waals surface area contributed by atoms with Crippen LogP contribution in [0.1, 0.15) is 19.3 Å². The van der Waals surface area contributed by atoms with E-state index in [2.05, 4.69) is 45.4 Å². The topological polar surface area (TPSA) is 18.5 Å². The van der Waals surface area contributed by atoms with Crippen molar-refractivity contribution in [3.63, 3.8) is 0 Å². The van der Waals surface area contributed by atoms with E-state index in [-0.39, 0.29) is 0 Å². The molecule has 1 unspecified atom stereocenters. The lowest BCUT2D eigenvalue weighted by atomic mass is 9.99. The molecule has 3 heteroatoms. The molecule has 0 spiro atoms. The van der Waals surface area contributed by atoms with Crippen molar-refractivity contribution < 1.29 is 0 Å². The summed E-state index contributed by atoms with van der Waals surface area (Å²) in [4.78, 5) is 5.33. The minimum Gasteiger partial charge on any atom is -0.384 e. The van der Waals surface area contributed by atoms with Crippen LogP contribution >= 0.6 is 0 Å². The first-order valence-corrected chi connectivity index (χ1v) is 7.67. The van der Waals surface area contributed by atoms with Gasteiger partial charge in [0.2, 0.25) is 0 Å². The molecular formula is C16H25N3. The molecule has 1 atom stereocenters. The fraction of sp³-hybridized carbons (Fsp3) is 0.625. The van der Waals surface area contributed by atoms with Gasteiger partial charge >= 0.3 is 0 Å². The third-order valence-corrected chi connectivity index (χ3v) is 4.45. The van der Waals surface area contributed by atoms with E-state index in [9.17, 15) is 0 Å². The van der Waals surface area contributed by atoms with Crippen molar-refractivity contribution in [1.29, 1.82) is 0 Å². The van der Waals surface area contributed by atoms with E-state index in [1.807, 2.05) is 0 Å². The Hall–Kier alpha value is -1.06. The van der Waals surface area contributed by atoms with E-state index in [4.69, 9.17) is 0 Å². The molecule has 1 N–H and O–H groups in total. The average molecular weight is 259 g/mol. The van der Waals surface area contributed by atoms with Crippen LogP contribution in [-0.2, 0) is 0 Å². The van der Waals surface area contributed by atoms with Crippen LogP contribution < -0.4 is 5.32 Å². The molecule has 19 heavy (non-hydrogen) atoms. The molecule has 0 bridgehead atoms. The lowest BCUT2D eigenvalue weighted by molar-refractivity contribution is 0.0515. The summed E-state index contributed by atoms with van der Waals surface area (Å²) in [5, 5.41) is 3.51. The minimum absolute atomic E-state index is 0.833.